The highest BCUT2D eigenvalue weighted by Gasteiger charge is 2.20. The Morgan fingerprint density at radius 3 is 2.56 bits per heavy atom. The molecule has 9 heteroatoms. The number of nitrogens with one attached hydrogen (secondary N) is 1. The number of hydrogen-bond donors (Lipinski definition) is 2. The van der Waals surface area contributed by atoms with Crippen LogP contribution >= 0.6 is 24.8 Å². The van der Waals surface area contributed by atoms with Crippen LogP contribution in [0.15, 0.2) is 22.7 Å². The van der Waals surface area contributed by atoms with E-state index in [-0.39, 0.29) is 36.8 Å². The molecule has 0 spiro atoms. The van der Waals surface area contributed by atoms with E-state index in [0.717, 1.165) is 22.5 Å². The number of amides is 1. The van der Waals surface area contributed by atoms with Crippen molar-refractivity contribution >= 4 is 41.8 Å². The summed E-state index contributed by atoms with van der Waals surface area (Å²) >= 11 is 0. The lowest BCUT2D eigenvalue weighted by molar-refractivity contribution is 0.0956. The fourth-order valence-electron chi connectivity index (χ4n) is 2.89. The Morgan fingerprint density at radius 1 is 1.30 bits per heavy atom. The van der Waals surface area contributed by atoms with Crippen LogP contribution < -0.4 is 11.1 Å². The maximum absolute atomic E-state index is 12.6. The van der Waals surface area contributed by atoms with E-state index in [1.165, 1.54) is 0 Å². The molecular formula is C18H25Cl2N5O2. The first kappa shape index (κ1) is 23.0. The average molecular weight is 414 g/mol. The number of nitrogens with zero attached hydrogens (tertiary/aromatic N) is 3. The summed E-state index contributed by atoms with van der Waals surface area (Å²) < 4.78 is 7.45. The standard InChI is InChI=1S/C18H23N5O2.2ClH/c1-10(2)23-17-15(9-21-23)14(18(24)20-6-5-19)8-16(22-17)13-7-11(3)25-12(13)4;;/h7-10H,5-6,19H2,1-4H3,(H,20,24);2*1H. The highest BCUT2D eigenvalue weighted by Crippen LogP contribution is 2.29. The summed E-state index contributed by atoms with van der Waals surface area (Å²) in [7, 11) is 0. The van der Waals surface area contributed by atoms with Crippen molar-refractivity contribution in [2.75, 3.05) is 13.1 Å². The molecule has 1 amide bonds. The van der Waals surface area contributed by atoms with Crippen molar-refractivity contribution in [3.05, 3.63) is 35.4 Å². The molecule has 0 aromatic carbocycles. The second-order valence-corrected chi connectivity index (χ2v) is 6.35. The number of fused-ring (bicyclic) bond motifs is 1. The zero-order valence-corrected chi connectivity index (χ0v) is 17.4. The monoisotopic (exact) mass is 413 g/mol. The van der Waals surface area contributed by atoms with E-state index >= 15 is 0 Å². The predicted molar refractivity (Wildman–Crippen MR) is 111 cm³/mol. The number of rotatable bonds is 5. The van der Waals surface area contributed by atoms with Gasteiger partial charge in [-0.05, 0) is 39.8 Å². The Bertz CT molecular complexity index is 933. The zero-order chi connectivity index (χ0) is 18.1. The number of hydrogen-bond acceptors (Lipinski definition) is 5. The normalized spacial score (nSPS) is 10.6. The van der Waals surface area contributed by atoms with Crippen LogP contribution in [-0.4, -0.2) is 33.8 Å². The molecule has 0 aliphatic rings. The maximum atomic E-state index is 12.6. The van der Waals surface area contributed by atoms with Crippen molar-refractivity contribution in [1.82, 2.24) is 20.1 Å². The summed E-state index contributed by atoms with van der Waals surface area (Å²) in [5, 5.41) is 7.96. The molecule has 3 heterocycles. The Kier molecular flexibility index (Phi) is 7.83. The molecule has 7 nitrogen and oxygen atoms in total. The Hall–Kier alpha value is -2.09. The number of pyridine rings is 1. The summed E-state index contributed by atoms with van der Waals surface area (Å²) in [6.07, 6.45) is 1.69. The van der Waals surface area contributed by atoms with Crippen molar-refractivity contribution in [2.45, 2.75) is 33.7 Å². The van der Waals surface area contributed by atoms with E-state index in [1.807, 2.05) is 38.4 Å². The molecule has 0 saturated heterocycles. The SMILES string of the molecule is Cc1cc(-c2cc(C(=O)NCCN)c3cnn(C(C)C)c3n2)c(C)o1.Cl.Cl. The van der Waals surface area contributed by atoms with E-state index in [2.05, 4.69) is 10.4 Å². The van der Waals surface area contributed by atoms with Crippen molar-refractivity contribution in [2.24, 2.45) is 5.73 Å². The third-order valence-electron chi connectivity index (χ3n) is 4.05. The summed E-state index contributed by atoms with van der Waals surface area (Å²) in [5.41, 5.74) is 8.30. The molecule has 3 aromatic heterocycles. The first-order valence-corrected chi connectivity index (χ1v) is 8.36. The van der Waals surface area contributed by atoms with Crippen LogP contribution in [0, 0.1) is 13.8 Å². The fraction of sp³-hybridized carbons (Fsp3) is 0.389. The van der Waals surface area contributed by atoms with Crippen molar-refractivity contribution in [3.8, 4) is 11.3 Å². The number of aromatic nitrogens is 3. The lowest BCUT2D eigenvalue weighted by atomic mass is 10.1. The van der Waals surface area contributed by atoms with Gasteiger partial charge >= 0.3 is 0 Å². The minimum absolute atomic E-state index is 0. The molecule has 3 rings (SSSR count). The lowest BCUT2D eigenvalue weighted by Crippen LogP contribution is -2.29. The van der Waals surface area contributed by atoms with Crippen LogP contribution in [0.5, 0.6) is 0 Å². The molecule has 0 atom stereocenters. The van der Waals surface area contributed by atoms with E-state index in [9.17, 15) is 4.79 Å². The van der Waals surface area contributed by atoms with E-state index in [0.29, 0.717) is 30.0 Å². The second kappa shape index (κ2) is 9.21. The number of carbonyl (C=O) groups excluding carboxylic acids is 1. The molecule has 0 bridgehead atoms. The molecule has 3 aromatic rings. The number of aryl methyl sites for hydroxylation is 2. The molecule has 0 saturated carbocycles. The minimum Gasteiger partial charge on any atom is -0.466 e. The fourth-order valence-corrected chi connectivity index (χ4v) is 2.89. The van der Waals surface area contributed by atoms with Gasteiger partial charge in [-0.1, -0.05) is 0 Å². The van der Waals surface area contributed by atoms with Gasteiger partial charge in [-0.2, -0.15) is 5.10 Å². The Morgan fingerprint density at radius 2 is 2.00 bits per heavy atom. The molecule has 0 unspecified atom stereocenters. The van der Waals surface area contributed by atoms with Crippen LogP contribution in [-0.2, 0) is 0 Å². The van der Waals surface area contributed by atoms with Gasteiger partial charge in [0, 0.05) is 24.7 Å². The van der Waals surface area contributed by atoms with Crippen molar-refractivity contribution < 1.29 is 9.21 Å². The smallest absolute Gasteiger partial charge is 0.252 e. The summed E-state index contributed by atoms with van der Waals surface area (Å²) in [5.74, 6) is 1.40. The van der Waals surface area contributed by atoms with Crippen LogP contribution in [0.1, 0.15) is 41.8 Å². The number of furan rings is 1. The second-order valence-electron chi connectivity index (χ2n) is 6.35. The highest BCUT2D eigenvalue weighted by atomic mass is 35.5. The van der Waals surface area contributed by atoms with Gasteiger partial charge in [0.1, 0.15) is 11.5 Å². The molecule has 3 N–H and O–H groups in total. The van der Waals surface area contributed by atoms with Gasteiger partial charge in [0.2, 0.25) is 0 Å². The molecular weight excluding hydrogens is 389 g/mol. The van der Waals surface area contributed by atoms with Gasteiger partial charge in [0.15, 0.2) is 5.65 Å². The van der Waals surface area contributed by atoms with E-state index in [4.69, 9.17) is 15.1 Å². The first-order valence-electron chi connectivity index (χ1n) is 8.36. The van der Waals surface area contributed by atoms with Crippen LogP contribution in [0.2, 0.25) is 0 Å². The van der Waals surface area contributed by atoms with Gasteiger partial charge in [-0.25, -0.2) is 9.67 Å². The zero-order valence-electron chi connectivity index (χ0n) is 15.8. The summed E-state index contributed by atoms with van der Waals surface area (Å²) in [6, 6.07) is 3.85. The maximum Gasteiger partial charge on any atom is 0.252 e. The average Bonchev–Trinajstić information content (AvgIpc) is 3.14. The number of halogens is 2. The van der Waals surface area contributed by atoms with E-state index < -0.39 is 0 Å². The molecule has 0 aliphatic carbocycles. The van der Waals surface area contributed by atoms with Gasteiger partial charge in [0.25, 0.3) is 5.91 Å². The van der Waals surface area contributed by atoms with Gasteiger partial charge in [-0.15, -0.1) is 24.8 Å². The van der Waals surface area contributed by atoms with Crippen molar-refractivity contribution in [3.63, 3.8) is 0 Å². The first-order chi connectivity index (χ1) is 11.9. The third kappa shape index (κ3) is 4.43. The summed E-state index contributed by atoms with van der Waals surface area (Å²) in [4.78, 5) is 17.4. The van der Waals surface area contributed by atoms with E-state index in [1.54, 1.807) is 12.3 Å². The van der Waals surface area contributed by atoms with Gasteiger partial charge in [0.05, 0.1) is 22.8 Å². The van der Waals surface area contributed by atoms with Gasteiger partial charge in [-0.3, -0.25) is 4.79 Å². The Balaban J connectivity index is 0.00000182. The molecule has 27 heavy (non-hydrogen) atoms. The number of carbonyl (C=O) groups is 1. The number of nitrogens with two attached hydrogens (primary N) is 1. The molecule has 0 radical (unpaired) electrons. The summed E-state index contributed by atoms with van der Waals surface area (Å²) in [6.45, 7) is 8.65. The topological polar surface area (TPSA) is 99.0 Å². The van der Waals surface area contributed by atoms with Crippen LogP contribution in [0.3, 0.4) is 0 Å². The highest BCUT2D eigenvalue weighted by molar-refractivity contribution is 6.06. The molecule has 0 aliphatic heterocycles. The predicted octanol–water partition coefficient (Wildman–Crippen LogP) is 3.42. The molecule has 148 valence electrons. The van der Waals surface area contributed by atoms with Crippen molar-refractivity contribution in [1.29, 1.82) is 0 Å². The largest absolute Gasteiger partial charge is 0.466 e. The molecule has 0 fully saturated rings. The van der Waals surface area contributed by atoms with Crippen LogP contribution in [0.4, 0.5) is 0 Å². The lowest BCUT2D eigenvalue weighted by Gasteiger charge is -2.10. The van der Waals surface area contributed by atoms with Gasteiger partial charge < -0.3 is 15.5 Å². The minimum atomic E-state index is -0.180. The third-order valence-corrected chi connectivity index (χ3v) is 4.05. The van der Waals surface area contributed by atoms with Crippen LogP contribution in [0.25, 0.3) is 22.3 Å². The quantitative estimate of drug-likeness (QED) is 0.667. The Labute approximate surface area is 170 Å².